The van der Waals surface area contributed by atoms with Crippen LogP contribution in [-0.2, 0) is 6.42 Å². The quantitative estimate of drug-likeness (QED) is 0.747. The zero-order valence-electron chi connectivity index (χ0n) is 11.4. The van der Waals surface area contributed by atoms with Crippen LogP contribution in [0.5, 0.6) is 0 Å². The average Bonchev–Trinajstić information content (AvgIpc) is 2.41. The van der Waals surface area contributed by atoms with E-state index in [4.69, 9.17) is 0 Å². The molecule has 0 saturated heterocycles. The number of benzene rings is 2. The van der Waals surface area contributed by atoms with Crippen molar-refractivity contribution in [1.29, 1.82) is 0 Å². The van der Waals surface area contributed by atoms with Gasteiger partial charge >= 0.3 is 0 Å². The molecular weight excluding hydrogens is 385 g/mol. The van der Waals surface area contributed by atoms with E-state index < -0.39 is 0 Å². The number of halogens is 3. The molecule has 0 heterocycles. The van der Waals surface area contributed by atoms with Gasteiger partial charge in [0.15, 0.2) is 0 Å². The van der Waals surface area contributed by atoms with E-state index in [1.807, 2.05) is 19.2 Å². The summed E-state index contributed by atoms with van der Waals surface area (Å²) < 4.78 is 15.0. The molecule has 2 aromatic carbocycles. The molecule has 2 aromatic rings. The van der Waals surface area contributed by atoms with E-state index >= 15 is 0 Å². The first kappa shape index (κ1) is 15.7. The predicted molar refractivity (Wildman–Crippen MR) is 88.5 cm³/mol. The fourth-order valence-electron chi connectivity index (χ4n) is 2.26. The van der Waals surface area contributed by atoms with Crippen molar-refractivity contribution in [3.05, 3.63) is 67.9 Å². The summed E-state index contributed by atoms with van der Waals surface area (Å²) in [6, 6.07) is 11.3. The maximum Gasteiger partial charge on any atom is 0.124 e. The summed E-state index contributed by atoms with van der Waals surface area (Å²) in [5.41, 5.74) is 3.58. The minimum absolute atomic E-state index is 0.189. The Hall–Kier alpha value is -0.710. The Balaban J connectivity index is 2.31. The first-order valence-electron chi connectivity index (χ1n) is 6.38. The van der Waals surface area contributed by atoms with Gasteiger partial charge in [-0.15, -0.1) is 0 Å². The molecule has 0 fully saturated rings. The predicted octanol–water partition coefficient (Wildman–Crippen LogP) is 5.16. The van der Waals surface area contributed by atoms with Crippen LogP contribution in [0, 0.1) is 12.7 Å². The highest BCUT2D eigenvalue weighted by molar-refractivity contribution is 9.10. The van der Waals surface area contributed by atoms with Crippen molar-refractivity contribution < 1.29 is 4.39 Å². The van der Waals surface area contributed by atoms with Gasteiger partial charge in [0.1, 0.15) is 5.82 Å². The molecule has 20 heavy (non-hydrogen) atoms. The van der Waals surface area contributed by atoms with Crippen LogP contribution < -0.4 is 5.32 Å². The van der Waals surface area contributed by atoms with Crippen LogP contribution in [0.3, 0.4) is 0 Å². The molecule has 1 N–H and O–H groups in total. The third-order valence-electron chi connectivity index (χ3n) is 3.40. The van der Waals surface area contributed by atoms with Gasteiger partial charge in [0.25, 0.3) is 0 Å². The second-order valence-corrected chi connectivity index (χ2v) is 6.55. The first-order valence-corrected chi connectivity index (χ1v) is 7.97. The maximum atomic E-state index is 13.2. The molecule has 0 saturated carbocycles. The van der Waals surface area contributed by atoms with Crippen LogP contribution in [0.1, 0.15) is 22.7 Å². The third-order valence-corrected chi connectivity index (χ3v) is 4.64. The summed E-state index contributed by atoms with van der Waals surface area (Å²) in [5, 5.41) is 3.34. The summed E-state index contributed by atoms with van der Waals surface area (Å²) in [6.07, 6.45) is 0.800. The van der Waals surface area contributed by atoms with Crippen LogP contribution in [0.15, 0.2) is 45.3 Å². The number of nitrogens with one attached hydrogen (secondary N) is 1. The van der Waals surface area contributed by atoms with E-state index in [9.17, 15) is 4.39 Å². The lowest BCUT2D eigenvalue weighted by atomic mass is 9.95. The van der Waals surface area contributed by atoms with Crippen LogP contribution in [0.2, 0.25) is 0 Å². The van der Waals surface area contributed by atoms with Crippen molar-refractivity contribution in [3.63, 3.8) is 0 Å². The minimum atomic E-state index is -0.222. The highest BCUT2D eigenvalue weighted by Gasteiger charge is 2.15. The van der Waals surface area contributed by atoms with Gasteiger partial charge in [0.2, 0.25) is 0 Å². The summed E-state index contributed by atoms with van der Waals surface area (Å²) in [7, 11) is 1.95. The van der Waals surface area contributed by atoms with Crippen molar-refractivity contribution in [3.8, 4) is 0 Å². The number of hydrogen-bond donors (Lipinski definition) is 1. The molecule has 1 unspecified atom stereocenters. The molecule has 1 nitrogen and oxygen atoms in total. The molecule has 2 rings (SSSR count). The first-order chi connectivity index (χ1) is 9.51. The van der Waals surface area contributed by atoms with Gasteiger partial charge in [0, 0.05) is 15.0 Å². The number of hydrogen-bond acceptors (Lipinski definition) is 1. The van der Waals surface area contributed by atoms with Crippen molar-refractivity contribution in [2.45, 2.75) is 19.4 Å². The van der Waals surface area contributed by atoms with Gasteiger partial charge in [-0.1, -0.05) is 44.0 Å². The topological polar surface area (TPSA) is 12.0 Å². The summed E-state index contributed by atoms with van der Waals surface area (Å²) in [6.45, 7) is 2.10. The molecule has 0 bridgehead atoms. The van der Waals surface area contributed by atoms with E-state index in [-0.39, 0.29) is 11.9 Å². The van der Waals surface area contributed by atoms with Crippen LogP contribution in [-0.4, -0.2) is 7.05 Å². The van der Waals surface area contributed by atoms with Gasteiger partial charge in [-0.3, -0.25) is 0 Å². The van der Waals surface area contributed by atoms with Gasteiger partial charge in [0.05, 0.1) is 0 Å². The Morgan fingerprint density at radius 2 is 1.90 bits per heavy atom. The Morgan fingerprint density at radius 3 is 2.55 bits per heavy atom. The highest BCUT2D eigenvalue weighted by Crippen LogP contribution is 2.28. The fraction of sp³-hybridized carbons (Fsp3) is 0.250. The van der Waals surface area contributed by atoms with Crippen LogP contribution >= 0.6 is 31.9 Å². The highest BCUT2D eigenvalue weighted by atomic mass is 79.9. The lowest BCUT2D eigenvalue weighted by Crippen LogP contribution is -2.20. The maximum absolute atomic E-state index is 13.2. The van der Waals surface area contributed by atoms with E-state index in [1.54, 1.807) is 0 Å². The summed E-state index contributed by atoms with van der Waals surface area (Å²) in [5.74, 6) is -0.222. The molecule has 0 aliphatic rings. The Labute approximate surface area is 135 Å². The molecular formula is C16H16Br2FN. The zero-order valence-corrected chi connectivity index (χ0v) is 14.6. The normalized spacial score (nSPS) is 12.4. The van der Waals surface area contributed by atoms with E-state index in [0.29, 0.717) is 0 Å². The SMILES string of the molecule is CNC(Cc1ccc(F)cc1Br)c1cc(Br)ccc1C. The van der Waals surface area contributed by atoms with Crippen LogP contribution in [0.4, 0.5) is 4.39 Å². The van der Waals surface area contributed by atoms with Crippen molar-refractivity contribution in [2.24, 2.45) is 0 Å². The van der Waals surface area contributed by atoms with E-state index in [1.165, 1.54) is 23.3 Å². The number of likely N-dealkylation sites (N-methyl/N-ethyl adjacent to an activating group) is 1. The molecule has 0 amide bonds. The molecule has 0 spiro atoms. The molecule has 1 atom stereocenters. The summed E-state index contributed by atoms with van der Waals surface area (Å²) >= 11 is 6.95. The molecule has 0 aliphatic carbocycles. The van der Waals surface area contributed by atoms with Crippen molar-refractivity contribution in [2.75, 3.05) is 7.05 Å². The fourth-order valence-corrected chi connectivity index (χ4v) is 3.15. The van der Waals surface area contributed by atoms with Gasteiger partial charge < -0.3 is 5.32 Å². The lowest BCUT2D eigenvalue weighted by molar-refractivity contribution is 0.584. The largest absolute Gasteiger partial charge is 0.313 e. The van der Waals surface area contributed by atoms with E-state index in [0.717, 1.165) is 20.9 Å². The Kier molecular flexibility index (Phi) is 5.35. The summed E-state index contributed by atoms with van der Waals surface area (Å²) in [4.78, 5) is 0. The molecule has 106 valence electrons. The third kappa shape index (κ3) is 3.68. The van der Waals surface area contributed by atoms with Crippen molar-refractivity contribution in [1.82, 2.24) is 5.32 Å². The van der Waals surface area contributed by atoms with Crippen molar-refractivity contribution >= 4 is 31.9 Å². The van der Waals surface area contributed by atoms with Gasteiger partial charge in [-0.05, 0) is 61.3 Å². The Bertz CT molecular complexity index is 613. The monoisotopic (exact) mass is 399 g/mol. The minimum Gasteiger partial charge on any atom is -0.313 e. The second kappa shape index (κ2) is 6.83. The van der Waals surface area contributed by atoms with Gasteiger partial charge in [-0.2, -0.15) is 0 Å². The smallest absolute Gasteiger partial charge is 0.124 e. The second-order valence-electron chi connectivity index (χ2n) is 4.78. The lowest BCUT2D eigenvalue weighted by Gasteiger charge is -2.20. The zero-order chi connectivity index (χ0) is 14.7. The van der Waals surface area contributed by atoms with Gasteiger partial charge in [-0.25, -0.2) is 4.39 Å². The average molecular weight is 401 g/mol. The van der Waals surface area contributed by atoms with Crippen LogP contribution in [0.25, 0.3) is 0 Å². The number of rotatable bonds is 4. The molecule has 0 aliphatic heterocycles. The number of aryl methyl sites for hydroxylation is 1. The Morgan fingerprint density at radius 1 is 1.15 bits per heavy atom. The standard InChI is InChI=1S/C16H16Br2FN/c1-10-3-5-12(17)8-14(10)16(20-2)7-11-4-6-13(19)9-15(11)18/h3-6,8-9,16,20H,7H2,1-2H3. The molecule has 0 radical (unpaired) electrons. The molecule has 0 aromatic heterocycles. The van der Waals surface area contributed by atoms with E-state index in [2.05, 4.69) is 56.2 Å². The molecule has 4 heteroatoms.